The van der Waals surface area contributed by atoms with Gasteiger partial charge in [0.1, 0.15) is 0 Å². The minimum Gasteiger partial charge on any atom is -0.321 e. The molecule has 0 saturated heterocycles. The molecule has 0 bridgehead atoms. The molecule has 0 aliphatic carbocycles. The summed E-state index contributed by atoms with van der Waals surface area (Å²) in [5, 5.41) is 8.12. The van der Waals surface area contributed by atoms with E-state index >= 15 is 0 Å². The number of hydrogen-bond acceptors (Lipinski definition) is 3. The Balaban J connectivity index is 2.07. The van der Waals surface area contributed by atoms with Crippen molar-refractivity contribution in [2.75, 3.05) is 5.32 Å². The van der Waals surface area contributed by atoms with E-state index in [1.807, 2.05) is 46.0 Å². The van der Waals surface area contributed by atoms with Crippen LogP contribution in [0.2, 0.25) is 0 Å². The lowest BCUT2D eigenvalue weighted by atomic mass is 10.1. The Morgan fingerprint density at radius 2 is 1.96 bits per heavy atom. The summed E-state index contributed by atoms with van der Waals surface area (Å²) in [6.07, 6.45) is 0. The Kier molecular flexibility index (Phi) is 3.93. The maximum atomic E-state index is 12.8. The summed E-state index contributed by atoms with van der Waals surface area (Å²) in [6, 6.07) is 7.62. The topological polar surface area (TPSA) is 59.8 Å². The van der Waals surface area contributed by atoms with Crippen molar-refractivity contribution in [3.05, 3.63) is 51.3 Å². The molecule has 0 saturated carbocycles. The second-order valence-electron chi connectivity index (χ2n) is 5.66. The predicted molar refractivity (Wildman–Crippen MR) is 94.8 cm³/mol. The minimum atomic E-state index is -0.166. The fourth-order valence-corrected chi connectivity index (χ4v) is 3.25. The van der Waals surface area contributed by atoms with Gasteiger partial charge in [-0.15, -0.1) is 0 Å². The van der Waals surface area contributed by atoms with Gasteiger partial charge in [-0.2, -0.15) is 5.10 Å². The second kappa shape index (κ2) is 5.77. The molecule has 2 heterocycles. The molecule has 23 heavy (non-hydrogen) atoms. The number of hydrogen-bond donors (Lipinski definition) is 1. The number of benzene rings is 1. The smallest absolute Gasteiger partial charge is 0.256 e. The SMILES string of the molecule is Cc1ccc(NC(=O)c2cc(C)nc3c2c(C)nn3C)c(Br)c1. The Bertz CT molecular complexity index is 930. The van der Waals surface area contributed by atoms with Gasteiger partial charge in [-0.1, -0.05) is 6.07 Å². The third-order valence-corrected chi connectivity index (χ3v) is 4.37. The van der Waals surface area contributed by atoms with Crippen molar-refractivity contribution >= 4 is 38.6 Å². The van der Waals surface area contributed by atoms with Crippen molar-refractivity contribution < 1.29 is 4.79 Å². The van der Waals surface area contributed by atoms with Gasteiger partial charge >= 0.3 is 0 Å². The number of amides is 1. The molecule has 5 nitrogen and oxygen atoms in total. The average Bonchev–Trinajstić information content (AvgIpc) is 2.76. The van der Waals surface area contributed by atoms with Crippen molar-refractivity contribution in [3.63, 3.8) is 0 Å². The molecule has 6 heteroatoms. The second-order valence-corrected chi connectivity index (χ2v) is 6.51. The standard InChI is InChI=1S/C17H17BrN4O/c1-9-5-6-14(13(18)7-9)20-17(23)12-8-10(2)19-16-15(12)11(3)21-22(16)4/h5-8H,1-4H3,(H,20,23). The molecule has 0 spiro atoms. The molecule has 1 amide bonds. The summed E-state index contributed by atoms with van der Waals surface area (Å²) in [6.45, 7) is 5.77. The fourth-order valence-electron chi connectivity index (χ4n) is 2.66. The zero-order valence-corrected chi connectivity index (χ0v) is 15.0. The van der Waals surface area contributed by atoms with E-state index in [2.05, 4.69) is 31.3 Å². The summed E-state index contributed by atoms with van der Waals surface area (Å²) >= 11 is 3.49. The van der Waals surface area contributed by atoms with E-state index < -0.39 is 0 Å². The van der Waals surface area contributed by atoms with Crippen LogP contribution in [0.5, 0.6) is 0 Å². The first kappa shape index (κ1) is 15.7. The number of carbonyl (C=O) groups is 1. The van der Waals surface area contributed by atoms with E-state index in [-0.39, 0.29) is 5.91 Å². The van der Waals surface area contributed by atoms with Crippen molar-refractivity contribution in [2.45, 2.75) is 20.8 Å². The molecule has 3 rings (SSSR count). The summed E-state index contributed by atoms with van der Waals surface area (Å²) in [7, 11) is 1.83. The van der Waals surface area contributed by atoms with Crippen molar-refractivity contribution in [3.8, 4) is 0 Å². The molecule has 0 aliphatic rings. The van der Waals surface area contributed by atoms with Crippen molar-refractivity contribution in [1.29, 1.82) is 0 Å². The number of nitrogens with one attached hydrogen (secondary N) is 1. The predicted octanol–water partition coefficient (Wildman–Crippen LogP) is 3.91. The molecule has 0 radical (unpaired) electrons. The molecular weight excluding hydrogens is 356 g/mol. The van der Waals surface area contributed by atoms with E-state index in [1.54, 1.807) is 10.7 Å². The molecule has 3 aromatic rings. The van der Waals surface area contributed by atoms with Gasteiger partial charge in [0.25, 0.3) is 5.91 Å². The van der Waals surface area contributed by atoms with Gasteiger partial charge in [0.2, 0.25) is 0 Å². The number of nitrogens with zero attached hydrogens (tertiary/aromatic N) is 3. The van der Waals surface area contributed by atoms with E-state index in [9.17, 15) is 4.79 Å². The van der Waals surface area contributed by atoms with Crippen LogP contribution in [-0.2, 0) is 7.05 Å². The maximum Gasteiger partial charge on any atom is 0.256 e. The highest BCUT2D eigenvalue weighted by Crippen LogP contribution is 2.26. The summed E-state index contributed by atoms with van der Waals surface area (Å²) in [5.74, 6) is -0.166. The average molecular weight is 373 g/mol. The molecule has 0 fully saturated rings. The summed E-state index contributed by atoms with van der Waals surface area (Å²) in [5.41, 5.74) is 4.75. The quantitative estimate of drug-likeness (QED) is 0.741. The zero-order chi connectivity index (χ0) is 16.7. The van der Waals surface area contributed by atoms with E-state index in [4.69, 9.17) is 0 Å². The number of aromatic nitrogens is 3. The van der Waals surface area contributed by atoms with Gasteiger partial charge in [-0.05, 0) is 60.5 Å². The Hall–Kier alpha value is -2.21. The molecule has 118 valence electrons. The van der Waals surface area contributed by atoms with Crippen molar-refractivity contribution in [1.82, 2.24) is 14.8 Å². The third-order valence-electron chi connectivity index (χ3n) is 3.71. The molecule has 0 unspecified atom stereocenters. The van der Waals surface area contributed by atoms with Gasteiger partial charge in [0.15, 0.2) is 5.65 Å². The highest BCUT2D eigenvalue weighted by Gasteiger charge is 2.18. The van der Waals surface area contributed by atoms with Crippen LogP contribution in [0.15, 0.2) is 28.7 Å². The normalized spacial score (nSPS) is 11.0. The highest BCUT2D eigenvalue weighted by atomic mass is 79.9. The Morgan fingerprint density at radius 1 is 1.22 bits per heavy atom. The third kappa shape index (κ3) is 2.86. The molecule has 2 aromatic heterocycles. The number of carbonyl (C=O) groups excluding carboxylic acids is 1. The van der Waals surface area contributed by atoms with Crippen LogP contribution in [0.3, 0.4) is 0 Å². The molecular formula is C17H17BrN4O. The van der Waals surface area contributed by atoms with Gasteiger partial charge in [0, 0.05) is 17.2 Å². The number of anilines is 1. The van der Waals surface area contributed by atoms with Crippen LogP contribution in [-0.4, -0.2) is 20.7 Å². The van der Waals surface area contributed by atoms with E-state index in [1.165, 1.54) is 0 Å². The van der Waals surface area contributed by atoms with Crippen LogP contribution < -0.4 is 5.32 Å². The molecule has 0 aliphatic heterocycles. The van der Waals surface area contributed by atoms with Gasteiger partial charge in [-0.3, -0.25) is 9.48 Å². The van der Waals surface area contributed by atoms with Crippen LogP contribution in [0.1, 0.15) is 27.3 Å². The minimum absolute atomic E-state index is 0.166. The fraction of sp³-hybridized carbons (Fsp3) is 0.235. The number of rotatable bonds is 2. The summed E-state index contributed by atoms with van der Waals surface area (Å²) in [4.78, 5) is 17.3. The van der Waals surface area contributed by atoms with Crippen LogP contribution in [0.25, 0.3) is 11.0 Å². The number of halogens is 1. The number of aryl methyl sites for hydroxylation is 4. The lowest BCUT2D eigenvalue weighted by Gasteiger charge is -2.10. The van der Waals surface area contributed by atoms with Crippen LogP contribution in [0.4, 0.5) is 5.69 Å². The molecule has 1 N–H and O–H groups in total. The Labute approximate surface area is 142 Å². The van der Waals surface area contributed by atoms with Gasteiger partial charge in [0.05, 0.1) is 22.3 Å². The largest absolute Gasteiger partial charge is 0.321 e. The monoisotopic (exact) mass is 372 g/mol. The zero-order valence-electron chi connectivity index (χ0n) is 13.4. The van der Waals surface area contributed by atoms with E-state index in [0.29, 0.717) is 5.56 Å². The Morgan fingerprint density at radius 3 is 2.65 bits per heavy atom. The maximum absolute atomic E-state index is 12.8. The first-order valence-corrected chi connectivity index (χ1v) is 8.04. The van der Waals surface area contributed by atoms with Gasteiger partial charge < -0.3 is 5.32 Å². The van der Waals surface area contributed by atoms with Gasteiger partial charge in [-0.25, -0.2) is 4.98 Å². The molecule has 0 atom stereocenters. The first-order valence-electron chi connectivity index (χ1n) is 7.25. The molecule has 1 aromatic carbocycles. The lowest BCUT2D eigenvalue weighted by molar-refractivity contribution is 0.102. The van der Waals surface area contributed by atoms with Crippen molar-refractivity contribution in [2.24, 2.45) is 7.05 Å². The number of fused-ring (bicyclic) bond motifs is 1. The summed E-state index contributed by atoms with van der Waals surface area (Å²) < 4.78 is 2.56. The van der Waals surface area contributed by atoms with E-state index in [0.717, 1.165) is 38.1 Å². The van der Waals surface area contributed by atoms with Crippen LogP contribution >= 0.6 is 15.9 Å². The first-order chi connectivity index (χ1) is 10.9. The highest BCUT2D eigenvalue weighted by molar-refractivity contribution is 9.10. The number of pyridine rings is 1. The lowest BCUT2D eigenvalue weighted by Crippen LogP contribution is -2.13. The van der Waals surface area contributed by atoms with Crippen LogP contribution in [0, 0.1) is 20.8 Å².